The molecule has 0 saturated heterocycles. The van der Waals surface area contributed by atoms with E-state index in [0.29, 0.717) is 23.9 Å². The van der Waals surface area contributed by atoms with E-state index in [-0.39, 0.29) is 23.1 Å². The van der Waals surface area contributed by atoms with Gasteiger partial charge in [-0.15, -0.1) is 0 Å². The summed E-state index contributed by atoms with van der Waals surface area (Å²) in [6.07, 6.45) is 3.97. The molecule has 6 nitrogen and oxygen atoms in total. The number of amides is 1. The van der Waals surface area contributed by atoms with Crippen molar-refractivity contribution in [3.05, 3.63) is 51.8 Å². The van der Waals surface area contributed by atoms with Crippen molar-refractivity contribution in [3.63, 3.8) is 0 Å². The highest BCUT2D eigenvalue weighted by atomic mass is 16.5. The van der Waals surface area contributed by atoms with Crippen molar-refractivity contribution in [3.8, 4) is 0 Å². The van der Waals surface area contributed by atoms with Crippen molar-refractivity contribution in [2.45, 2.75) is 39.3 Å². The Bertz CT molecular complexity index is 773. The van der Waals surface area contributed by atoms with Gasteiger partial charge in [-0.1, -0.05) is 5.16 Å². The van der Waals surface area contributed by atoms with E-state index in [9.17, 15) is 9.59 Å². The minimum absolute atomic E-state index is 0.161. The molecule has 6 heteroatoms. The summed E-state index contributed by atoms with van der Waals surface area (Å²) in [6.45, 7) is 4.13. The third kappa shape index (κ3) is 3.21. The van der Waals surface area contributed by atoms with Gasteiger partial charge in [0.05, 0.1) is 6.54 Å². The van der Waals surface area contributed by atoms with Crippen LogP contribution in [0.3, 0.4) is 0 Å². The topological polar surface area (TPSA) is 68.3 Å². The van der Waals surface area contributed by atoms with Crippen molar-refractivity contribution < 1.29 is 9.32 Å². The summed E-state index contributed by atoms with van der Waals surface area (Å²) in [7, 11) is 1.77. The molecule has 0 aromatic carbocycles. The maximum absolute atomic E-state index is 12.6. The molecule has 1 saturated carbocycles. The Morgan fingerprint density at radius 3 is 2.87 bits per heavy atom. The van der Waals surface area contributed by atoms with E-state index >= 15 is 0 Å². The number of carbonyl (C=O) groups excluding carboxylic acids is 1. The van der Waals surface area contributed by atoms with Gasteiger partial charge in [0.25, 0.3) is 11.5 Å². The standard InChI is InChI=1S/C17H21N3O3/c1-11-9-14(18-23-11)10-20-8-4-5-15(17(20)22)16(21)19(3)12(2)13-6-7-13/h4-5,8-9,12-13H,6-7,10H2,1-3H3. The fraction of sp³-hybridized carbons (Fsp3) is 0.471. The number of rotatable bonds is 5. The van der Waals surface area contributed by atoms with Gasteiger partial charge in [-0.3, -0.25) is 9.59 Å². The van der Waals surface area contributed by atoms with E-state index in [0.717, 1.165) is 12.8 Å². The highest BCUT2D eigenvalue weighted by Crippen LogP contribution is 2.34. The van der Waals surface area contributed by atoms with Crippen LogP contribution in [-0.2, 0) is 6.54 Å². The summed E-state index contributed by atoms with van der Waals surface area (Å²) < 4.78 is 6.50. The van der Waals surface area contributed by atoms with Crippen LogP contribution in [0.1, 0.15) is 41.6 Å². The van der Waals surface area contributed by atoms with Gasteiger partial charge in [0, 0.05) is 25.4 Å². The van der Waals surface area contributed by atoms with Crippen LogP contribution in [0, 0.1) is 12.8 Å². The molecule has 1 unspecified atom stereocenters. The Kier molecular flexibility index (Phi) is 4.07. The normalized spacial score (nSPS) is 15.4. The number of aryl methyl sites for hydroxylation is 1. The fourth-order valence-electron chi connectivity index (χ4n) is 2.76. The average molecular weight is 315 g/mol. The number of carbonyl (C=O) groups is 1. The second kappa shape index (κ2) is 6.02. The van der Waals surface area contributed by atoms with E-state index < -0.39 is 0 Å². The van der Waals surface area contributed by atoms with Gasteiger partial charge in [-0.2, -0.15) is 0 Å². The molecule has 1 aliphatic rings. The minimum atomic E-state index is -0.298. The van der Waals surface area contributed by atoms with Gasteiger partial charge in [-0.25, -0.2) is 0 Å². The first-order valence-corrected chi connectivity index (χ1v) is 7.86. The molecule has 0 radical (unpaired) electrons. The summed E-state index contributed by atoms with van der Waals surface area (Å²) in [6, 6.07) is 5.25. The van der Waals surface area contributed by atoms with Gasteiger partial charge in [0.2, 0.25) is 0 Å². The molecule has 1 amide bonds. The summed E-state index contributed by atoms with van der Waals surface area (Å²) in [5.41, 5.74) is 0.560. The molecule has 1 fully saturated rings. The molecule has 2 aromatic rings. The van der Waals surface area contributed by atoms with Gasteiger partial charge < -0.3 is 14.0 Å². The molecule has 1 aliphatic carbocycles. The quantitative estimate of drug-likeness (QED) is 0.847. The van der Waals surface area contributed by atoms with Crippen LogP contribution in [-0.4, -0.2) is 33.6 Å². The second-order valence-electron chi connectivity index (χ2n) is 6.28. The summed E-state index contributed by atoms with van der Waals surface area (Å²) >= 11 is 0. The van der Waals surface area contributed by atoms with Crippen molar-refractivity contribution in [2.75, 3.05) is 7.05 Å². The monoisotopic (exact) mass is 315 g/mol. The largest absolute Gasteiger partial charge is 0.361 e. The van der Waals surface area contributed by atoms with Crippen LogP contribution in [0.2, 0.25) is 0 Å². The third-order valence-corrected chi connectivity index (χ3v) is 4.50. The molecule has 0 bridgehead atoms. The first-order chi connectivity index (χ1) is 11.0. The average Bonchev–Trinajstić information content (AvgIpc) is 3.30. The minimum Gasteiger partial charge on any atom is -0.361 e. The lowest BCUT2D eigenvalue weighted by Crippen LogP contribution is -2.40. The zero-order valence-electron chi connectivity index (χ0n) is 13.7. The van der Waals surface area contributed by atoms with Crippen molar-refractivity contribution in [2.24, 2.45) is 5.92 Å². The molecule has 2 heterocycles. The first kappa shape index (κ1) is 15.5. The third-order valence-electron chi connectivity index (χ3n) is 4.50. The maximum Gasteiger partial charge on any atom is 0.263 e. The van der Waals surface area contributed by atoms with E-state index in [2.05, 4.69) is 5.16 Å². The maximum atomic E-state index is 12.6. The van der Waals surface area contributed by atoms with Gasteiger partial charge in [0.15, 0.2) is 0 Å². The summed E-state index contributed by atoms with van der Waals surface area (Å²) in [4.78, 5) is 26.9. The zero-order chi connectivity index (χ0) is 16.6. The molecule has 23 heavy (non-hydrogen) atoms. The lowest BCUT2D eigenvalue weighted by atomic mass is 10.1. The molecule has 0 spiro atoms. The second-order valence-corrected chi connectivity index (χ2v) is 6.28. The molecule has 3 rings (SSSR count). The molecular weight excluding hydrogens is 294 g/mol. The van der Waals surface area contributed by atoms with Crippen LogP contribution in [0.5, 0.6) is 0 Å². The van der Waals surface area contributed by atoms with E-state index in [1.54, 1.807) is 43.3 Å². The number of nitrogens with zero attached hydrogens (tertiary/aromatic N) is 3. The van der Waals surface area contributed by atoms with Crippen LogP contribution < -0.4 is 5.56 Å². The molecule has 0 aliphatic heterocycles. The number of hydrogen-bond acceptors (Lipinski definition) is 4. The molecule has 0 N–H and O–H groups in total. The molecular formula is C17H21N3O3. The Morgan fingerprint density at radius 2 is 2.26 bits per heavy atom. The first-order valence-electron chi connectivity index (χ1n) is 7.86. The van der Waals surface area contributed by atoms with Gasteiger partial charge in [0.1, 0.15) is 17.0 Å². The molecule has 2 aromatic heterocycles. The number of hydrogen-bond donors (Lipinski definition) is 0. The zero-order valence-corrected chi connectivity index (χ0v) is 13.7. The van der Waals surface area contributed by atoms with E-state index in [1.807, 2.05) is 6.92 Å². The Labute approximate surface area is 134 Å². The smallest absolute Gasteiger partial charge is 0.263 e. The Hall–Kier alpha value is -2.37. The SMILES string of the molecule is Cc1cc(Cn2cccc(C(=O)N(C)C(C)C3CC3)c2=O)no1. The lowest BCUT2D eigenvalue weighted by molar-refractivity contribution is 0.0725. The van der Waals surface area contributed by atoms with Crippen molar-refractivity contribution in [1.82, 2.24) is 14.6 Å². The Balaban J connectivity index is 1.84. The lowest BCUT2D eigenvalue weighted by Gasteiger charge is -2.24. The highest BCUT2D eigenvalue weighted by Gasteiger charge is 2.33. The van der Waals surface area contributed by atoms with Gasteiger partial charge >= 0.3 is 0 Å². The summed E-state index contributed by atoms with van der Waals surface area (Å²) in [5.74, 6) is 1.03. The van der Waals surface area contributed by atoms with Crippen LogP contribution in [0.15, 0.2) is 33.7 Å². The van der Waals surface area contributed by atoms with Crippen molar-refractivity contribution >= 4 is 5.91 Å². The number of pyridine rings is 1. The van der Waals surface area contributed by atoms with Crippen LogP contribution in [0.4, 0.5) is 0 Å². The molecule has 122 valence electrons. The van der Waals surface area contributed by atoms with Crippen LogP contribution >= 0.6 is 0 Å². The van der Waals surface area contributed by atoms with Crippen molar-refractivity contribution in [1.29, 1.82) is 0 Å². The molecule has 1 atom stereocenters. The number of aromatic nitrogens is 2. The predicted molar refractivity (Wildman–Crippen MR) is 85.3 cm³/mol. The Morgan fingerprint density at radius 1 is 1.52 bits per heavy atom. The predicted octanol–water partition coefficient (Wildman–Crippen LogP) is 2.06. The fourth-order valence-corrected chi connectivity index (χ4v) is 2.76. The van der Waals surface area contributed by atoms with E-state index in [4.69, 9.17) is 4.52 Å². The van der Waals surface area contributed by atoms with E-state index in [1.165, 1.54) is 4.57 Å². The van der Waals surface area contributed by atoms with Gasteiger partial charge in [-0.05, 0) is 44.7 Å². The van der Waals surface area contributed by atoms with Crippen LogP contribution in [0.25, 0.3) is 0 Å². The highest BCUT2D eigenvalue weighted by molar-refractivity contribution is 5.93. The summed E-state index contributed by atoms with van der Waals surface area (Å²) in [5, 5.41) is 3.89.